The lowest BCUT2D eigenvalue weighted by molar-refractivity contribution is -0.143. The van der Waals surface area contributed by atoms with Gasteiger partial charge in [-0.15, -0.1) is 0 Å². The van der Waals surface area contributed by atoms with Crippen molar-refractivity contribution in [2.24, 2.45) is 5.41 Å². The summed E-state index contributed by atoms with van der Waals surface area (Å²) in [5.74, 6) is -1.11. The minimum atomic E-state index is -0.837. The molecule has 0 aliphatic heterocycles. The lowest BCUT2D eigenvalue weighted by atomic mass is 10.1. The Labute approximate surface area is 117 Å². The van der Waals surface area contributed by atoms with Crippen molar-refractivity contribution >= 4 is 11.9 Å². The second-order valence-electron chi connectivity index (χ2n) is 5.24. The number of hydrogen-bond acceptors (Lipinski definition) is 3. The number of benzene rings is 1. The van der Waals surface area contributed by atoms with Crippen LogP contribution < -0.4 is 5.32 Å². The molecule has 1 amide bonds. The van der Waals surface area contributed by atoms with Crippen LogP contribution in [0.5, 0.6) is 0 Å². The van der Waals surface area contributed by atoms with Crippen LogP contribution in [0.3, 0.4) is 0 Å². The molecule has 108 valence electrons. The molecular weight excluding hydrogens is 258 g/mol. The molecule has 1 saturated carbocycles. The first kappa shape index (κ1) is 14.5. The maximum atomic E-state index is 11.8. The third kappa shape index (κ3) is 3.57. The van der Waals surface area contributed by atoms with E-state index in [-0.39, 0.29) is 12.5 Å². The maximum Gasteiger partial charge on any atom is 0.311 e. The third-order valence-corrected chi connectivity index (χ3v) is 3.62. The van der Waals surface area contributed by atoms with Crippen LogP contribution in [0.4, 0.5) is 0 Å². The number of carboxylic acids is 1. The Morgan fingerprint density at radius 3 is 2.55 bits per heavy atom. The van der Waals surface area contributed by atoms with Crippen LogP contribution in [0.25, 0.3) is 0 Å². The van der Waals surface area contributed by atoms with E-state index in [1.54, 1.807) is 6.92 Å². The van der Waals surface area contributed by atoms with Crippen LogP contribution in [-0.2, 0) is 20.9 Å². The van der Waals surface area contributed by atoms with E-state index in [9.17, 15) is 9.59 Å². The van der Waals surface area contributed by atoms with Crippen LogP contribution in [0.2, 0.25) is 0 Å². The molecule has 2 N–H and O–H groups in total. The molecule has 1 aromatic rings. The number of hydrogen-bond donors (Lipinski definition) is 2. The molecule has 20 heavy (non-hydrogen) atoms. The molecule has 1 aliphatic carbocycles. The van der Waals surface area contributed by atoms with Crippen molar-refractivity contribution in [2.75, 3.05) is 6.54 Å². The summed E-state index contributed by atoms with van der Waals surface area (Å²) in [6.07, 6.45) is 0.656. The summed E-state index contributed by atoms with van der Waals surface area (Å²) in [5, 5.41) is 11.7. The molecule has 1 fully saturated rings. The van der Waals surface area contributed by atoms with Crippen LogP contribution >= 0.6 is 0 Å². The predicted molar refractivity (Wildman–Crippen MR) is 73.0 cm³/mol. The van der Waals surface area contributed by atoms with Crippen molar-refractivity contribution < 1.29 is 19.4 Å². The largest absolute Gasteiger partial charge is 0.481 e. The van der Waals surface area contributed by atoms with Gasteiger partial charge in [0.1, 0.15) is 6.10 Å². The van der Waals surface area contributed by atoms with Gasteiger partial charge in [-0.1, -0.05) is 30.3 Å². The second kappa shape index (κ2) is 6.05. The average Bonchev–Trinajstić information content (AvgIpc) is 3.24. The molecule has 2 rings (SSSR count). The smallest absolute Gasteiger partial charge is 0.311 e. The van der Waals surface area contributed by atoms with Gasteiger partial charge in [-0.3, -0.25) is 9.59 Å². The number of carbonyl (C=O) groups is 2. The molecule has 0 radical (unpaired) electrons. The number of ether oxygens (including phenoxy) is 1. The molecule has 0 saturated heterocycles. The number of carbonyl (C=O) groups excluding carboxylic acids is 1. The summed E-state index contributed by atoms with van der Waals surface area (Å²) in [4.78, 5) is 22.8. The Balaban J connectivity index is 1.74. The highest BCUT2D eigenvalue weighted by Crippen LogP contribution is 2.45. The van der Waals surface area contributed by atoms with Gasteiger partial charge >= 0.3 is 5.97 Å². The monoisotopic (exact) mass is 277 g/mol. The van der Waals surface area contributed by atoms with Gasteiger partial charge in [0, 0.05) is 6.54 Å². The minimum absolute atomic E-state index is 0.181. The lowest BCUT2D eigenvalue weighted by Gasteiger charge is -2.16. The van der Waals surface area contributed by atoms with E-state index in [0.29, 0.717) is 19.4 Å². The van der Waals surface area contributed by atoms with Crippen molar-refractivity contribution in [3.63, 3.8) is 0 Å². The zero-order valence-corrected chi connectivity index (χ0v) is 11.5. The van der Waals surface area contributed by atoms with Gasteiger partial charge in [-0.2, -0.15) is 0 Å². The normalized spacial score (nSPS) is 17.2. The summed E-state index contributed by atoms with van der Waals surface area (Å²) >= 11 is 0. The van der Waals surface area contributed by atoms with Gasteiger partial charge in [0.15, 0.2) is 0 Å². The fourth-order valence-electron chi connectivity index (χ4n) is 1.89. The first-order chi connectivity index (χ1) is 9.53. The SMILES string of the molecule is CC(OCc1ccccc1)C(=O)NCC1(C(=O)O)CC1. The van der Waals surface area contributed by atoms with Crippen molar-refractivity contribution in [1.29, 1.82) is 0 Å². The summed E-state index contributed by atoms with van der Waals surface area (Å²) in [6.45, 7) is 2.21. The predicted octanol–water partition coefficient (Wildman–Crippen LogP) is 1.57. The summed E-state index contributed by atoms with van der Waals surface area (Å²) < 4.78 is 5.48. The number of carboxylic acid groups (broad SMARTS) is 1. The first-order valence-electron chi connectivity index (χ1n) is 6.70. The molecular formula is C15H19NO4. The van der Waals surface area contributed by atoms with Gasteiger partial charge in [-0.25, -0.2) is 0 Å². The highest BCUT2D eigenvalue weighted by atomic mass is 16.5. The minimum Gasteiger partial charge on any atom is -0.481 e. The van der Waals surface area contributed by atoms with Crippen LogP contribution in [0.15, 0.2) is 30.3 Å². The van der Waals surface area contributed by atoms with Crippen molar-refractivity contribution in [3.8, 4) is 0 Å². The zero-order chi connectivity index (χ0) is 14.6. The summed E-state index contributed by atoms with van der Waals surface area (Å²) in [7, 11) is 0. The number of amides is 1. The van der Waals surface area contributed by atoms with E-state index in [4.69, 9.17) is 9.84 Å². The van der Waals surface area contributed by atoms with Crippen molar-refractivity contribution in [1.82, 2.24) is 5.32 Å². The van der Waals surface area contributed by atoms with Crippen LogP contribution in [0, 0.1) is 5.41 Å². The van der Waals surface area contributed by atoms with Crippen LogP contribution in [-0.4, -0.2) is 29.6 Å². The Morgan fingerprint density at radius 2 is 2.00 bits per heavy atom. The molecule has 5 nitrogen and oxygen atoms in total. The summed E-state index contributed by atoms with van der Waals surface area (Å²) in [6, 6.07) is 9.59. The van der Waals surface area contributed by atoms with E-state index in [1.165, 1.54) is 0 Å². The van der Waals surface area contributed by atoms with Crippen molar-refractivity contribution in [2.45, 2.75) is 32.5 Å². The Hall–Kier alpha value is -1.88. The molecule has 1 aromatic carbocycles. The van der Waals surface area contributed by atoms with Gasteiger partial charge in [0.25, 0.3) is 0 Å². The molecule has 0 bridgehead atoms. The molecule has 0 heterocycles. The lowest BCUT2D eigenvalue weighted by Crippen LogP contribution is -2.40. The molecule has 5 heteroatoms. The number of nitrogens with one attached hydrogen (secondary N) is 1. The third-order valence-electron chi connectivity index (χ3n) is 3.62. The van der Waals surface area contributed by atoms with Gasteiger partial charge in [0.05, 0.1) is 12.0 Å². The Kier molecular flexibility index (Phi) is 4.39. The fourth-order valence-corrected chi connectivity index (χ4v) is 1.89. The standard InChI is InChI=1S/C15H19NO4/c1-11(20-9-12-5-3-2-4-6-12)13(17)16-10-15(7-8-15)14(18)19/h2-6,11H,7-10H2,1H3,(H,16,17)(H,18,19). The Bertz CT molecular complexity index is 482. The topological polar surface area (TPSA) is 75.6 Å². The van der Waals surface area contributed by atoms with Gasteiger partial charge in [-0.05, 0) is 25.3 Å². The van der Waals surface area contributed by atoms with Gasteiger partial charge < -0.3 is 15.2 Å². The zero-order valence-electron chi connectivity index (χ0n) is 11.5. The highest BCUT2D eigenvalue weighted by molar-refractivity contribution is 5.83. The molecule has 0 aromatic heterocycles. The fraction of sp³-hybridized carbons (Fsp3) is 0.467. The van der Waals surface area contributed by atoms with Crippen molar-refractivity contribution in [3.05, 3.63) is 35.9 Å². The Morgan fingerprint density at radius 1 is 1.35 bits per heavy atom. The first-order valence-corrected chi connectivity index (χ1v) is 6.70. The van der Waals surface area contributed by atoms with Crippen LogP contribution in [0.1, 0.15) is 25.3 Å². The highest BCUT2D eigenvalue weighted by Gasteiger charge is 2.50. The number of rotatable bonds is 7. The second-order valence-corrected chi connectivity index (χ2v) is 5.24. The van der Waals surface area contributed by atoms with E-state index in [1.807, 2.05) is 30.3 Å². The van der Waals surface area contributed by atoms with E-state index < -0.39 is 17.5 Å². The molecule has 0 spiro atoms. The molecule has 1 aliphatic rings. The van der Waals surface area contributed by atoms with E-state index in [0.717, 1.165) is 5.56 Å². The average molecular weight is 277 g/mol. The van der Waals surface area contributed by atoms with E-state index in [2.05, 4.69) is 5.32 Å². The molecule has 1 unspecified atom stereocenters. The van der Waals surface area contributed by atoms with E-state index >= 15 is 0 Å². The maximum absolute atomic E-state index is 11.8. The number of aliphatic carboxylic acids is 1. The molecule has 1 atom stereocenters. The summed E-state index contributed by atoms with van der Waals surface area (Å²) in [5.41, 5.74) is 0.255. The van der Waals surface area contributed by atoms with Gasteiger partial charge in [0.2, 0.25) is 5.91 Å². The quantitative estimate of drug-likeness (QED) is 0.793.